The number of hydrogen-bond acceptors (Lipinski definition) is 5. The van der Waals surface area contributed by atoms with Crippen LogP contribution in [0.4, 0.5) is 11.5 Å². The summed E-state index contributed by atoms with van der Waals surface area (Å²) < 4.78 is 5.42. The summed E-state index contributed by atoms with van der Waals surface area (Å²) in [6.45, 7) is 0. The lowest BCUT2D eigenvalue weighted by Gasteiger charge is -2.13. The van der Waals surface area contributed by atoms with Crippen LogP contribution in [-0.2, 0) is 0 Å². The van der Waals surface area contributed by atoms with Gasteiger partial charge in [0.05, 0.1) is 28.2 Å². The molecule has 0 aliphatic carbocycles. The first-order chi connectivity index (χ1) is 12.7. The second-order valence-electron chi connectivity index (χ2n) is 5.48. The van der Waals surface area contributed by atoms with Gasteiger partial charge in [0.25, 0.3) is 0 Å². The Morgan fingerprint density at radius 2 is 1.88 bits per heavy atom. The molecule has 0 saturated heterocycles. The molecule has 7 heteroatoms. The highest BCUT2D eigenvalue weighted by Gasteiger charge is 2.14. The van der Waals surface area contributed by atoms with Crippen LogP contribution in [0.2, 0.25) is 10.0 Å². The van der Waals surface area contributed by atoms with Gasteiger partial charge in [-0.1, -0.05) is 35.3 Å². The molecule has 4 nitrogen and oxygen atoms in total. The number of para-hydroxylation sites is 1. The van der Waals surface area contributed by atoms with Crippen molar-refractivity contribution < 1.29 is 4.74 Å². The lowest BCUT2D eigenvalue weighted by atomic mass is 10.2. The quantitative estimate of drug-likeness (QED) is 0.428. The van der Waals surface area contributed by atoms with E-state index in [1.807, 2.05) is 41.8 Å². The van der Waals surface area contributed by atoms with E-state index in [9.17, 15) is 0 Å². The third-order valence-electron chi connectivity index (χ3n) is 3.84. The van der Waals surface area contributed by atoms with Gasteiger partial charge in [0.1, 0.15) is 11.6 Å². The number of hydrogen-bond donors (Lipinski definition) is 1. The summed E-state index contributed by atoms with van der Waals surface area (Å²) in [5.74, 6) is 1.91. The maximum Gasteiger partial charge on any atom is 0.173 e. The zero-order valence-electron chi connectivity index (χ0n) is 13.7. The fourth-order valence-electron chi connectivity index (χ4n) is 2.63. The Labute approximate surface area is 164 Å². The van der Waals surface area contributed by atoms with Gasteiger partial charge in [0.15, 0.2) is 5.82 Å². The molecule has 2 aromatic carbocycles. The molecule has 0 fully saturated rings. The minimum atomic E-state index is 0.576. The molecule has 2 aromatic heterocycles. The Morgan fingerprint density at radius 3 is 2.65 bits per heavy atom. The van der Waals surface area contributed by atoms with Crippen molar-refractivity contribution in [2.24, 2.45) is 0 Å². The molecule has 0 radical (unpaired) electrons. The van der Waals surface area contributed by atoms with E-state index in [4.69, 9.17) is 32.9 Å². The average molecular weight is 402 g/mol. The summed E-state index contributed by atoms with van der Waals surface area (Å²) >= 11 is 13.9. The Bertz CT molecular complexity index is 1100. The third-order valence-corrected chi connectivity index (χ3v) is 5.41. The van der Waals surface area contributed by atoms with E-state index in [0.717, 1.165) is 21.5 Å². The van der Waals surface area contributed by atoms with E-state index in [1.54, 1.807) is 19.2 Å². The minimum absolute atomic E-state index is 0.576. The number of aromatic nitrogens is 2. The molecular formula is C19H13Cl2N3OS. The van der Waals surface area contributed by atoms with Gasteiger partial charge in [-0.25, -0.2) is 9.97 Å². The predicted molar refractivity (Wildman–Crippen MR) is 109 cm³/mol. The summed E-state index contributed by atoms with van der Waals surface area (Å²) in [5.41, 5.74) is 1.55. The first kappa shape index (κ1) is 17.1. The van der Waals surface area contributed by atoms with Crippen LogP contribution in [0.25, 0.3) is 21.6 Å². The molecule has 0 bridgehead atoms. The van der Waals surface area contributed by atoms with Crippen molar-refractivity contribution in [3.05, 3.63) is 64.0 Å². The molecule has 0 amide bonds. The van der Waals surface area contributed by atoms with Crippen LogP contribution in [-0.4, -0.2) is 17.1 Å². The van der Waals surface area contributed by atoms with E-state index in [2.05, 4.69) is 10.3 Å². The molecular weight excluding hydrogens is 389 g/mol. The highest BCUT2D eigenvalue weighted by Crippen LogP contribution is 2.36. The SMILES string of the molecule is COc1ccc(Cl)cc1Nc1nc(-c2sccc2Cl)nc2ccccc12. The van der Waals surface area contributed by atoms with E-state index in [0.29, 0.717) is 27.4 Å². The van der Waals surface area contributed by atoms with Gasteiger partial charge in [-0.2, -0.15) is 0 Å². The zero-order chi connectivity index (χ0) is 18.1. The van der Waals surface area contributed by atoms with Gasteiger partial charge in [-0.15, -0.1) is 11.3 Å². The second kappa shape index (κ2) is 7.11. The van der Waals surface area contributed by atoms with Gasteiger partial charge in [-0.05, 0) is 41.8 Å². The number of methoxy groups -OCH3 is 1. The third kappa shape index (κ3) is 3.21. The highest BCUT2D eigenvalue weighted by atomic mass is 35.5. The molecule has 4 aromatic rings. The Morgan fingerprint density at radius 1 is 1.04 bits per heavy atom. The van der Waals surface area contributed by atoms with Gasteiger partial charge in [-0.3, -0.25) is 0 Å². The van der Waals surface area contributed by atoms with Crippen molar-refractivity contribution in [3.8, 4) is 16.5 Å². The number of rotatable bonds is 4. The molecule has 0 unspecified atom stereocenters. The van der Waals surface area contributed by atoms with Crippen LogP contribution in [0.5, 0.6) is 5.75 Å². The molecule has 4 rings (SSSR count). The number of anilines is 2. The van der Waals surface area contributed by atoms with Gasteiger partial charge in [0.2, 0.25) is 0 Å². The molecule has 0 aliphatic rings. The van der Waals surface area contributed by atoms with E-state index in [-0.39, 0.29) is 0 Å². The number of fused-ring (bicyclic) bond motifs is 1. The Kier molecular flexibility index (Phi) is 4.68. The highest BCUT2D eigenvalue weighted by molar-refractivity contribution is 7.14. The fourth-order valence-corrected chi connectivity index (χ4v) is 3.88. The summed E-state index contributed by atoms with van der Waals surface area (Å²) in [4.78, 5) is 10.2. The van der Waals surface area contributed by atoms with Gasteiger partial charge < -0.3 is 10.1 Å². The van der Waals surface area contributed by atoms with Crippen LogP contribution in [0.1, 0.15) is 0 Å². The Hall–Kier alpha value is -2.34. The standard InChI is InChI=1S/C19H13Cl2N3OS/c1-25-16-7-6-11(20)10-15(16)23-18-12-4-2-3-5-14(12)22-19(24-18)17-13(21)8-9-26-17/h2-10H,1H3,(H,22,23,24). The smallest absolute Gasteiger partial charge is 0.173 e. The zero-order valence-corrected chi connectivity index (χ0v) is 16.0. The van der Waals surface area contributed by atoms with E-state index < -0.39 is 0 Å². The monoisotopic (exact) mass is 401 g/mol. The van der Waals surface area contributed by atoms with Crippen molar-refractivity contribution in [2.45, 2.75) is 0 Å². The molecule has 26 heavy (non-hydrogen) atoms. The molecule has 2 heterocycles. The average Bonchev–Trinajstić information content (AvgIpc) is 3.08. The van der Waals surface area contributed by atoms with Crippen LogP contribution >= 0.6 is 34.5 Å². The maximum absolute atomic E-state index is 6.28. The maximum atomic E-state index is 6.28. The Balaban J connectivity index is 1.89. The largest absolute Gasteiger partial charge is 0.495 e. The summed E-state index contributed by atoms with van der Waals surface area (Å²) in [7, 11) is 1.61. The number of thiophene rings is 1. The van der Waals surface area contributed by atoms with Crippen molar-refractivity contribution >= 4 is 56.9 Å². The molecule has 130 valence electrons. The van der Waals surface area contributed by atoms with Gasteiger partial charge in [0, 0.05) is 10.4 Å². The molecule has 0 aliphatic heterocycles. The number of benzene rings is 2. The summed E-state index contributed by atoms with van der Waals surface area (Å²) in [6.07, 6.45) is 0. The second-order valence-corrected chi connectivity index (χ2v) is 7.24. The van der Waals surface area contributed by atoms with Crippen LogP contribution in [0.3, 0.4) is 0 Å². The van der Waals surface area contributed by atoms with Crippen molar-refractivity contribution in [2.75, 3.05) is 12.4 Å². The van der Waals surface area contributed by atoms with Crippen LogP contribution in [0.15, 0.2) is 53.9 Å². The van der Waals surface area contributed by atoms with Crippen LogP contribution in [0, 0.1) is 0 Å². The summed E-state index contributed by atoms with van der Waals surface area (Å²) in [6, 6.07) is 15.0. The van der Waals surface area contributed by atoms with E-state index >= 15 is 0 Å². The minimum Gasteiger partial charge on any atom is -0.495 e. The molecule has 0 atom stereocenters. The lowest BCUT2D eigenvalue weighted by Crippen LogP contribution is -2.00. The van der Waals surface area contributed by atoms with Crippen LogP contribution < -0.4 is 10.1 Å². The number of nitrogens with zero attached hydrogens (tertiary/aromatic N) is 2. The van der Waals surface area contributed by atoms with E-state index in [1.165, 1.54) is 11.3 Å². The molecule has 0 spiro atoms. The lowest BCUT2D eigenvalue weighted by molar-refractivity contribution is 0.417. The number of nitrogens with one attached hydrogen (secondary N) is 1. The van der Waals surface area contributed by atoms with Crippen molar-refractivity contribution in [1.29, 1.82) is 0 Å². The first-order valence-corrected chi connectivity index (χ1v) is 9.40. The fraction of sp³-hybridized carbons (Fsp3) is 0.0526. The summed E-state index contributed by atoms with van der Waals surface area (Å²) in [5, 5.41) is 7.38. The molecule has 1 N–H and O–H groups in total. The predicted octanol–water partition coefficient (Wildman–Crippen LogP) is 6.42. The number of halogens is 2. The molecule has 0 saturated carbocycles. The first-order valence-electron chi connectivity index (χ1n) is 7.76. The normalized spacial score (nSPS) is 10.9. The topological polar surface area (TPSA) is 47.0 Å². The van der Waals surface area contributed by atoms with Gasteiger partial charge >= 0.3 is 0 Å². The van der Waals surface area contributed by atoms with Crippen molar-refractivity contribution in [1.82, 2.24) is 9.97 Å². The number of ether oxygens (including phenoxy) is 1. The van der Waals surface area contributed by atoms with Crippen molar-refractivity contribution in [3.63, 3.8) is 0 Å².